The second-order valence-electron chi connectivity index (χ2n) is 3.59. The maximum Gasteiger partial charge on any atom is 0.149 e. The van der Waals surface area contributed by atoms with Crippen molar-refractivity contribution in [2.45, 2.75) is 19.4 Å². The van der Waals surface area contributed by atoms with Gasteiger partial charge in [-0.2, -0.15) is 0 Å². The topological polar surface area (TPSA) is 46.2 Å². The van der Waals surface area contributed by atoms with E-state index < -0.39 is 9.84 Å². The van der Waals surface area contributed by atoms with Crippen molar-refractivity contribution in [1.29, 1.82) is 0 Å². The molecule has 0 radical (unpaired) electrons. The lowest BCUT2D eigenvalue weighted by atomic mass is 10.3. The smallest absolute Gasteiger partial charge is 0.149 e. The van der Waals surface area contributed by atoms with Crippen LogP contribution in [0.4, 0.5) is 0 Å². The van der Waals surface area contributed by atoms with Crippen molar-refractivity contribution in [3.8, 4) is 0 Å². The van der Waals surface area contributed by atoms with Crippen molar-refractivity contribution in [1.82, 2.24) is 5.32 Å². The second kappa shape index (κ2) is 5.09. The molecule has 0 aliphatic rings. The standard InChI is InChI=1S/C10H17NO2S2/c1-4-8-5-6-10(14-8)9(11-2)7-15(3,12)13/h5-6,9,11H,4,7H2,1-3H3. The third kappa shape index (κ3) is 3.93. The van der Waals surface area contributed by atoms with E-state index in [4.69, 9.17) is 0 Å². The Bertz CT molecular complexity index is 409. The van der Waals surface area contributed by atoms with Crippen LogP contribution in [0.5, 0.6) is 0 Å². The molecule has 5 heteroatoms. The molecule has 0 spiro atoms. The first-order chi connectivity index (χ1) is 6.96. The van der Waals surface area contributed by atoms with Gasteiger partial charge in [-0.25, -0.2) is 8.42 Å². The van der Waals surface area contributed by atoms with Crippen LogP contribution in [0.15, 0.2) is 12.1 Å². The molecule has 1 atom stereocenters. The van der Waals surface area contributed by atoms with E-state index in [1.807, 2.05) is 6.07 Å². The average molecular weight is 247 g/mol. The van der Waals surface area contributed by atoms with Gasteiger partial charge >= 0.3 is 0 Å². The van der Waals surface area contributed by atoms with Crippen LogP contribution in [0.3, 0.4) is 0 Å². The predicted molar refractivity (Wildman–Crippen MR) is 65.2 cm³/mol. The van der Waals surface area contributed by atoms with Gasteiger partial charge in [0.05, 0.1) is 11.8 Å². The van der Waals surface area contributed by atoms with Gasteiger partial charge in [-0.15, -0.1) is 11.3 Å². The Labute approximate surface area is 95.4 Å². The van der Waals surface area contributed by atoms with E-state index >= 15 is 0 Å². The molecule has 0 amide bonds. The Morgan fingerprint density at radius 2 is 2.13 bits per heavy atom. The fourth-order valence-corrected chi connectivity index (χ4v) is 3.50. The Balaban J connectivity index is 2.83. The van der Waals surface area contributed by atoms with Crippen molar-refractivity contribution in [2.75, 3.05) is 19.1 Å². The van der Waals surface area contributed by atoms with E-state index in [1.165, 1.54) is 11.1 Å². The molecule has 1 heterocycles. The molecular formula is C10H17NO2S2. The Kier molecular flexibility index (Phi) is 4.31. The van der Waals surface area contributed by atoms with Crippen molar-refractivity contribution >= 4 is 21.2 Å². The summed E-state index contributed by atoms with van der Waals surface area (Å²) in [5, 5.41) is 3.04. The molecule has 0 saturated carbocycles. The molecule has 1 rings (SSSR count). The molecule has 0 aromatic carbocycles. The molecule has 15 heavy (non-hydrogen) atoms. The fourth-order valence-electron chi connectivity index (χ4n) is 1.38. The maximum atomic E-state index is 11.2. The average Bonchev–Trinajstić information content (AvgIpc) is 2.60. The van der Waals surface area contributed by atoms with Crippen LogP contribution in [-0.4, -0.2) is 27.5 Å². The number of hydrogen-bond acceptors (Lipinski definition) is 4. The molecule has 3 nitrogen and oxygen atoms in total. The SMILES string of the molecule is CCc1ccc(C(CS(C)(=O)=O)NC)s1. The van der Waals surface area contributed by atoms with E-state index in [-0.39, 0.29) is 11.8 Å². The molecule has 1 aromatic heterocycles. The summed E-state index contributed by atoms with van der Waals surface area (Å²) in [6.07, 6.45) is 2.27. The zero-order valence-corrected chi connectivity index (χ0v) is 10.9. The number of nitrogens with one attached hydrogen (secondary N) is 1. The third-order valence-corrected chi connectivity index (χ3v) is 4.47. The third-order valence-electron chi connectivity index (χ3n) is 2.19. The number of aryl methyl sites for hydroxylation is 1. The first kappa shape index (κ1) is 12.7. The van der Waals surface area contributed by atoms with E-state index in [0.29, 0.717) is 0 Å². The Morgan fingerprint density at radius 1 is 1.47 bits per heavy atom. The molecule has 0 fully saturated rings. The summed E-state index contributed by atoms with van der Waals surface area (Å²) in [6, 6.07) is 3.99. The largest absolute Gasteiger partial charge is 0.311 e. The van der Waals surface area contributed by atoms with Crippen LogP contribution < -0.4 is 5.32 Å². The minimum atomic E-state index is -2.94. The predicted octanol–water partition coefficient (Wildman–Crippen LogP) is 1.62. The van der Waals surface area contributed by atoms with Gasteiger partial charge in [0.1, 0.15) is 9.84 Å². The van der Waals surface area contributed by atoms with Crippen LogP contribution in [0.25, 0.3) is 0 Å². The maximum absolute atomic E-state index is 11.2. The zero-order valence-electron chi connectivity index (χ0n) is 9.28. The van der Waals surface area contributed by atoms with Crippen LogP contribution in [-0.2, 0) is 16.3 Å². The van der Waals surface area contributed by atoms with Gasteiger partial charge in [0.2, 0.25) is 0 Å². The van der Waals surface area contributed by atoms with Crippen molar-refractivity contribution in [3.05, 3.63) is 21.9 Å². The summed E-state index contributed by atoms with van der Waals surface area (Å²) < 4.78 is 22.4. The molecule has 0 bridgehead atoms. The summed E-state index contributed by atoms with van der Waals surface area (Å²) >= 11 is 1.68. The van der Waals surface area contributed by atoms with Gasteiger partial charge < -0.3 is 5.32 Å². The number of thiophene rings is 1. The van der Waals surface area contributed by atoms with E-state index in [0.717, 1.165) is 11.3 Å². The lowest BCUT2D eigenvalue weighted by molar-refractivity contribution is 0.582. The molecule has 0 saturated heterocycles. The Hall–Kier alpha value is -0.390. The van der Waals surface area contributed by atoms with Crippen LogP contribution in [0.1, 0.15) is 22.7 Å². The number of sulfone groups is 1. The zero-order chi connectivity index (χ0) is 11.5. The summed E-state index contributed by atoms with van der Waals surface area (Å²) in [5.41, 5.74) is 0. The molecule has 0 aliphatic heterocycles. The molecule has 86 valence electrons. The van der Waals surface area contributed by atoms with Gasteiger partial charge in [0, 0.05) is 16.0 Å². The summed E-state index contributed by atoms with van der Waals surface area (Å²) in [6.45, 7) is 2.10. The summed E-state index contributed by atoms with van der Waals surface area (Å²) in [5.74, 6) is 0.160. The Morgan fingerprint density at radius 3 is 2.53 bits per heavy atom. The van der Waals surface area contributed by atoms with Crippen LogP contribution in [0, 0.1) is 0 Å². The van der Waals surface area contributed by atoms with E-state index in [1.54, 1.807) is 18.4 Å². The lowest BCUT2D eigenvalue weighted by Gasteiger charge is -2.12. The van der Waals surface area contributed by atoms with Gasteiger partial charge in [-0.1, -0.05) is 6.92 Å². The first-order valence-corrected chi connectivity index (χ1v) is 7.77. The van der Waals surface area contributed by atoms with Crippen molar-refractivity contribution < 1.29 is 8.42 Å². The van der Waals surface area contributed by atoms with Gasteiger partial charge in [-0.3, -0.25) is 0 Å². The number of hydrogen-bond donors (Lipinski definition) is 1. The monoisotopic (exact) mass is 247 g/mol. The highest BCUT2D eigenvalue weighted by atomic mass is 32.2. The van der Waals surface area contributed by atoms with Gasteiger partial charge in [-0.05, 0) is 25.6 Å². The van der Waals surface area contributed by atoms with Crippen molar-refractivity contribution in [2.24, 2.45) is 0 Å². The quantitative estimate of drug-likeness (QED) is 0.860. The summed E-state index contributed by atoms with van der Waals surface area (Å²) in [7, 11) is -1.14. The van der Waals surface area contributed by atoms with Crippen molar-refractivity contribution in [3.63, 3.8) is 0 Å². The lowest BCUT2D eigenvalue weighted by Crippen LogP contribution is -2.23. The highest BCUT2D eigenvalue weighted by molar-refractivity contribution is 7.90. The van der Waals surface area contributed by atoms with Crippen LogP contribution >= 0.6 is 11.3 Å². The van der Waals surface area contributed by atoms with Gasteiger partial charge in [0.15, 0.2) is 0 Å². The highest BCUT2D eigenvalue weighted by Gasteiger charge is 2.17. The second-order valence-corrected chi connectivity index (χ2v) is 6.98. The fraction of sp³-hybridized carbons (Fsp3) is 0.600. The summed E-state index contributed by atoms with van der Waals surface area (Å²) in [4.78, 5) is 2.39. The number of rotatable bonds is 5. The molecule has 1 aromatic rings. The minimum Gasteiger partial charge on any atom is -0.311 e. The van der Waals surface area contributed by atoms with E-state index in [2.05, 4.69) is 18.3 Å². The normalized spacial score (nSPS) is 14.1. The van der Waals surface area contributed by atoms with Crippen LogP contribution in [0.2, 0.25) is 0 Å². The highest BCUT2D eigenvalue weighted by Crippen LogP contribution is 2.24. The minimum absolute atomic E-state index is 0.0784. The molecule has 0 aliphatic carbocycles. The first-order valence-electron chi connectivity index (χ1n) is 4.90. The molecule has 1 unspecified atom stereocenters. The van der Waals surface area contributed by atoms with E-state index in [9.17, 15) is 8.42 Å². The van der Waals surface area contributed by atoms with Gasteiger partial charge in [0.25, 0.3) is 0 Å². The molecular weight excluding hydrogens is 230 g/mol. The molecule has 1 N–H and O–H groups in total.